The minimum atomic E-state index is -1.82. The number of carboxylic acid groups (broad SMARTS) is 1. The number of rotatable bonds is 32. The van der Waals surface area contributed by atoms with Crippen molar-refractivity contribution in [1.29, 1.82) is 0 Å². The molecule has 1 saturated heterocycles. The van der Waals surface area contributed by atoms with Gasteiger partial charge < -0.3 is 94.7 Å². The molecule has 1 fully saturated rings. The fourth-order valence-corrected chi connectivity index (χ4v) is 7.25. The van der Waals surface area contributed by atoms with Gasteiger partial charge in [-0.05, 0) is 45.6 Å². The lowest BCUT2D eigenvalue weighted by Crippen LogP contribution is -2.62. The molecule has 1 aromatic rings. The van der Waals surface area contributed by atoms with Crippen molar-refractivity contribution in [1.82, 2.24) is 62.7 Å². The van der Waals surface area contributed by atoms with E-state index in [-0.39, 0.29) is 56.7 Å². The Morgan fingerprint density at radius 2 is 1.12 bits per heavy atom. The van der Waals surface area contributed by atoms with Gasteiger partial charge in [0.05, 0.1) is 38.8 Å². The number of likely N-dealkylation sites (tertiary alicyclic amines) is 1. The van der Waals surface area contributed by atoms with Crippen molar-refractivity contribution in [2.24, 2.45) is 11.5 Å². The minimum Gasteiger partial charge on any atom is -0.480 e. The van der Waals surface area contributed by atoms with Gasteiger partial charge in [0.25, 0.3) is 0 Å². The number of nitrogens with two attached hydrogens (primary N) is 2. The second-order valence-electron chi connectivity index (χ2n) is 16.2. The average molecular weight is 1060 g/mol. The summed E-state index contributed by atoms with van der Waals surface area (Å²) in [6.07, 6.45) is 3.31. The van der Waals surface area contributed by atoms with E-state index in [1.807, 2.05) is 0 Å². The number of aliphatic carboxylic acids is 1. The van der Waals surface area contributed by atoms with Crippen molar-refractivity contribution >= 4 is 90.3 Å². The number of carbonyl (C=O) groups excluding carboxylic acids is 10. The standard InChI is InChI=1S/C40H66N14O16S2/c1-19(42)31(61)52-28(17-72)38(68)49-23(12-55)36(66)48-24(13-56)37(67)51-26(15-58)40(70)54-8-4-6-29(54)39(69)50-25(14-57)35(65)46-21(5-2-3-7-41)33(63)47-22(9-20-10-43-18-45-20)34(64)53-27(16-71)32(62)44-11-30(59)60/h10,18-19,21-29,55-58,71-72H,2-9,11-17,41-42H2,1H3,(H,43,45)(H,44,62)(H,46,65)(H,47,63)(H,48,66)(H,49,68)(H,50,69)(H,51,67)(H,52,61)(H,53,64)(H,59,60)/t19-,21-,22-,23-,24-,25-,26-,27-,28-,29-/m0/s1. The van der Waals surface area contributed by atoms with E-state index in [0.29, 0.717) is 12.1 Å². The van der Waals surface area contributed by atoms with Crippen LogP contribution in [0.2, 0.25) is 0 Å². The van der Waals surface area contributed by atoms with E-state index in [2.05, 4.69) is 83.1 Å². The number of imidazole rings is 1. The highest BCUT2D eigenvalue weighted by molar-refractivity contribution is 7.80. The molecule has 0 spiro atoms. The van der Waals surface area contributed by atoms with Gasteiger partial charge in [-0.3, -0.25) is 52.7 Å². The van der Waals surface area contributed by atoms with Crippen molar-refractivity contribution in [2.75, 3.05) is 57.6 Å². The molecule has 72 heavy (non-hydrogen) atoms. The van der Waals surface area contributed by atoms with Crippen LogP contribution in [0.3, 0.4) is 0 Å². The number of aliphatic hydroxyl groups excluding tert-OH is 4. The lowest BCUT2D eigenvalue weighted by molar-refractivity contribution is -0.143. The molecule has 0 bridgehead atoms. The number of thiol groups is 2. The molecule has 0 aromatic carbocycles. The van der Waals surface area contributed by atoms with Crippen molar-refractivity contribution in [2.45, 2.75) is 106 Å². The molecule has 404 valence electrons. The zero-order valence-electron chi connectivity index (χ0n) is 39.2. The monoisotopic (exact) mass is 1060 g/mol. The van der Waals surface area contributed by atoms with E-state index in [0.717, 1.165) is 4.90 Å². The zero-order chi connectivity index (χ0) is 54.1. The predicted molar refractivity (Wildman–Crippen MR) is 256 cm³/mol. The number of aromatic nitrogens is 2. The van der Waals surface area contributed by atoms with Crippen LogP contribution in [0.1, 0.15) is 44.7 Å². The minimum absolute atomic E-state index is 0.00916. The molecule has 1 aromatic heterocycles. The largest absolute Gasteiger partial charge is 0.480 e. The topological polar surface area (TPSA) is 481 Å². The highest BCUT2D eigenvalue weighted by Crippen LogP contribution is 2.19. The van der Waals surface area contributed by atoms with E-state index < -0.39 is 158 Å². The fourth-order valence-electron chi connectivity index (χ4n) is 6.74. The van der Waals surface area contributed by atoms with Crippen LogP contribution in [0, 0.1) is 0 Å². The number of carbonyl (C=O) groups is 11. The molecule has 0 aliphatic carbocycles. The number of aliphatic hydroxyl groups is 4. The Bertz CT molecular complexity index is 2020. The van der Waals surface area contributed by atoms with Crippen LogP contribution in [0.15, 0.2) is 12.5 Å². The van der Waals surface area contributed by atoms with Gasteiger partial charge in [-0.2, -0.15) is 25.3 Å². The van der Waals surface area contributed by atoms with Crippen LogP contribution in [-0.2, 0) is 59.2 Å². The van der Waals surface area contributed by atoms with Crippen molar-refractivity contribution < 1.29 is 78.3 Å². The second-order valence-corrected chi connectivity index (χ2v) is 17.0. The lowest BCUT2D eigenvalue weighted by atomic mass is 10.1. The predicted octanol–water partition coefficient (Wildman–Crippen LogP) is -9.67. The summed E-state index contributed by atoms with van der Waals surface area (Å²) in [4.78, 5) is 150. The summed E-state index contributed by atoms with van der Waals surface area (Å²) in [6, 6.07) is -14.8. The molecule has 2 heterocycles. The van der Waals surface area contributed by atoms with Crippen LogP contribution >= 0.6 is 25.3 Å². The molecule has 30 nitrogen and oxygen atoms in total. The van der Waals surface area contributed by atoms with Crippen LogP contribution in [0.5, 0.6) is 0 Å². The van der Waals surface area contributed by atoms with Gasteiger partial charge >= 0.3 is 5.97 Å². The number of carboxylic acids is 1. The van der Waals surface area contributed by atoms with Gasteiger partial charge in [-0.25, -0.2) is 4.98 Å². The number of hydrogen-bond acceptors (Lipinski definition) is 20. The second kappa shape index (κ2) is 32.0. The van der Waals surface area contributed by atoms with Gasteiger partial charge in [-0.15, -0.1) is 0 Å². The van der Waals surface area contributed by atoms with Crippen molar-refractivity contribution in [3.63, 3.8) is 0 Å². The number of nitrogens with one attached hydrogen (secondary N) is 10. The van der Waals surface area contributed by atoms with Crippen LogP contribution in [0.4, 0.5) is 0 Å². The van der Waals surface area contributed by atoms with Gasteiger partial charge in [0, 0.05) is 36.4 Å². The number of amides is 10. The first-order chi connectivity index (χ1) is 34.2. The number of H-pyrrole nitrogens is 1. The molecule has 0 radical (unpaired) electrons. The summed E-state index contributed by atoms with van der Waals surface area (Å²) < 4.78 is 0. The SMILES string of the molecule is C[C@H](N)C(=O)N[C@@H](CS)C(=O)N[C@@H](CO)C(=O)N[C@@H](CO)C(=O)N[C@@H](CO)C(=O)N1CCC[C@H]1C(=O)N[C@@H](CO)C(=O)N[C@@H](CCCCN)C(=O)N[C@@H](Cc1cnc[nH]1)C(=O)N[C@@H](CS)C(=O)NCC(=O)O. The summed E-state index contributed by atoms with van der Waals surface area (Å²) in [5, 5.41) is 69.7. The summed E-state index contributed by atoms with van der Waals surface area (Å²) in [7, 11) is 0. The van der Waals surface area contributed by atoms with Crippen LogP contribution < -0.4 is 59.3 Å². The Morgan fingerprint density at radius 3 is 1.62 bits per heavy atom. The smallest absolute Gasteiger partial charge is 0.322 e. The normalized spacial score (nSPS) is 16.9. The summed E-state index contributed by atoms with van der Waals surface area (Å²) in [5.41, 5.74) is 11.5. The summed E-state index contributed by atoms with van der Waals surface area (Å²) in [5.74, 6) is -11.6. The highest BCUT2D eigenvalue weighted by atomic mass is 32.1. The highest BCUT2D eigenvalue weighted by Gasteiger charge is 2.40. The maximum atomic E-state index is 13.8. The van der Waals surface area contributed by atoms with Gasteiger partial charge in [0.15, 0.2) is 0 Å². The van der Waals surface area contributed by atoms with E-state index in [4.69, 9.17) is 16.6 Å². The Kier molecular flexibility index (Phi) is 27.6. The average Bonchev–Trinajstić information content (AvgIpc) is 4.08. The lowest BCUT2D eigenvalue weighted by Gasteiger charge is -2.30. The molecule has 1 aliphatic rings. The number of aromatic amines is 1. The molecule has 1 aliphatic heterocycles. The maximum Gasteiger partial charge on any atom is 0.322 e. The first kappa shape index (κ1) is 62.0. The number of unbranched alkanes of at least 4 members (excludes halogenated alkanes) is 1. The zero-order valence-corrected chi connectivity index (χ0v) is 41.0. The third-order valence-electron chi connectivity index (χ3n) is 10.7. The fraction of sp³-hybridized carbons (Fsp3) is 0.650. The Labute approximate surface area is 423 Å². The maximum absolute atomic E-state index is 13.8. The first-order valence-corrected chi connectivity index (χ1v) is 23.8. The van der Waals surface area contributed by atoms with Gasteiger partial charge in [0.2, 0.25) is 59.1 Å². The van der Waals surface area contributed by atoms with Crippen LogP contribution in [0.25, 0.3) is 0 Å². The first-order valence-electron chi connectivity index (χ1n) is 22.5. The van der Waals surface area contributed by atoms with Crippen molar-refractivity contribution in [3.8, 4) is 0 Å². The molecule has 19 N–H and O–H groups in total. The molecule has 10 amide bonds. The molecule has 0 unspecified atom stereocenters. The van der Waals surface area contributed by atoms with E-state index in [9.17, 15) is 73.2 Å². The molecule has 2 rings (SSSR count). The summed E-state index contributed by atoms with van der Waals surface area (Å²) in [6.45, 7) is -3.42. The molecule has 10 atom stereocenters. The quantitative estimate of drug-likeness (QED) is 0.0235. The third kappa shape index (κ3) is 19.8. The third-order valence-corrected chi connectivity index (χ3v) is 11.5. The molecular formula is C40H66N14O16S2. The Balaban J connectivity index is 2.19. The summed E-state index contributed by atoms with van der Waals surface area (Å²) >= 11 is 8.06. The number of nitrogens with zero attached hydrogens (tertiary/aromatic N) is 2. The van der Waals surface area contributed by atoms with E-state index >= 15 is 0 Å². The van der Waals surface area contributed by atoms with Crippen molar-refractivity contribution in [3.05, 3.63) is 18.2 Å². The van der Waals surface area contributed by atoms with Crippen LogP contribution in [-0.4, -0.2) is 223 Å². The van der Waals surface area contributed by atoms with E-state index in [1.165, 1.54) is 19.4 Å². The number of hydrogen-bond donors (Lipinski definition) is 19. The molecular weight excluding hydrogens is 997 g/mol. The van der Waals surface area contributed by atoms with Gasteiger partial charge in [0.1, 0.15) is 60.9 Å². The molecule has 0 saturated carbocycles. The van der Waals surface area contributed by atoms with Gasteiger partial charge in [-0.1, -0.05) is 0 Å². The Morgan fingerprint density at radius 1 is 0.667 bits per heavy atom. The van der Waals surface area contributed by atoms with E-state index in [1.54, 1.807) is 0 Å². The molecule has 32 heteroatoms. The Hall–Kier alpha value is -6.16.